The molecule has 1 unspecified atom stereocenters. The van der Waals surface area contributed by atoms with E-state index in [1.807, 2.05) is 6.20 Å². The summed E-state index contributed by atoms with van der Waals surface area (Å²) in [7, 11) is 0. The fourth-order valence-corrected chi connectivity index (χ4v) is 2.54. The second-order valence-corrected chi connectivity index (χ2v) is 5.01. The summed E-state index contributed by atoms with van der Waals surface area (Å²) >= 11 is 0. The number of H-pyrrole nitrogens is 1. The van der Waals surface area contributed by atoms with Crippen LogP contribution in [0.2, 0.25) is 0 Å². The zero-order chi connectivity index (χ0) is 12.6. The van der Waals surface area contributed by atoms with Crippen molar-refractivity contribution in [2.24, 2.45) is 0 Å². The van der Waals surface area contributed by atoms with E-state index in [1.54, 1.807) is 0 Å². The number of hydrogen-bond donors (Lipinski definition) is 2. The molecule has 4 nitrogen and oxygen atoms in total. The van der Waals surface area contributed by atoms with Crippen LogP contribution < -0.4 is 5.32 Å². The van der Waals surface area contributed by atoms with E-state index < -0.39 is 0 Å². The average molecular weight is 248 g/mol. The molecule has 1 aliphatic rings. The molecular weight excluding hydrogens is 224 g/mol. The topological polar surface area (TPSA) is 53.6 Å². The van der Waals surface area contributed by atoms with E-state index in [1.165, 1.54) is 44.1 Å². The summed E-state index contributed by atoms with van der Waals surface area (Å²) in [5, 5.41) is 14.5. The van der Waals surface area contributed by atoms with E-state index >= 15 is 0 Å². The van der Waals surface area contributed by atoms with E-state index in [0.29, 0.717) is 0 Å². The molecule has 0 bridgehead atoms. The van der Waals surface area contributed by atoms with Gasteiger partial charge in [0, 0.05) is 0 Å². The Kier molecular flexibility index (Phi) is 5.39. The molecule has 0 amide bonds. The number of nitrogens with zero attached hydrogens (tertiary/aromatic N) is 2. The predicted octanol–water partition coefficient (Wildman–Crippen LogP) is 3.13. The van der Waals surface area contributed by atoms with Gasteiger partial charge in [-0.2, -0.15) is 15.4 Å². The lowest BCUT2D eigenvalue weighted by Gasteiger charge is -2.21. The molecule has 0 spiro atoms. The summed E-state index contributed by atoms with van der Waals surface area (Å²) in [4.78, 5) is 0. The van der Waals surface area contributed by atoms with Crippen LogP contribution in [0.25, 0.3) is 0 Å². The molecule has 2 rings (SSSR count). The Labute approximate surface area is 109 Å². The van der Waals surface area contributed by atoms with Crippen LogP contribution in [0.15, 0.2) is 17.8 Å². The number of aromatic nitrogens is 3. The second kappa shape index (κ2) is 7.31. The van der Waals surface area contributed by atoms with Gasteiger partial charge >= 0.3 is 0 Å². The number of aromatic amines is 1. The molecule has 0 aromatic carbocycles. The number of hydrogen-bond acceptors (Lipinski definition) is 3. The smallest absolute Gasteiger partial charge is 0.104 e. The Balaban J connectivity index is 2.11. The third-order valence-corrected chi connectivity index (χ3v) is 3.52. The van der Waals surface area contributed by atoms with Crippen molar-refractivity contribution < 1.29 is 0 Å². The minimum atomic E-state index is 0.252. The van der Waals surface area contributed by atoms with Crippen molar-refractivity contribution in [3.05, 3.63) is 23.5 Å². The number of nitrogens with one attached hydrogen (secondary N) is 2. The SMILES string of the molecule is CCCNC(C1=CCCCCCC1)c1cn[nH]n1. The van der Waals surface area contributed by atoms with Crippen LogP contribution in [0.3, 0.4) is 0 Å². The van der Waals surface area contributed by atoms with E-state index in [9.17, 15) is 0 Å². The lowest BCUT2D eigenvalue weighted by Crippen LogP contribution is -2.24. The molecule has 1 aromatic heterocycles. The fraction of sp³-hybridized carbons (Fsp3) is 0.714. The van der Waals surface area contributed by atoms with Gasteiger partial charge in [-0.25, -0.2) is 0 Å². The predicted molar refractivity (Wildman–Crippen MR) is 73.2 cm³/mol. The van der Waals surface area contributed by atoms with E-state index in [-0.39, 0.29) is 6.04 Å². The van der Waals surface area contributed by atoms with Crippen LogP contribution in [0.4, 0.5) is 0 Å². The minimum absolute atomic E-state index is 0.252. The average Bonchev–Trinajstić information content (AvgIpc) is 2.85. The maximum absolute atomic E-state index is 4.26. The van der Waals surface area contributed by atoms with Gasteiger partial charge in [-0.15, -0.1) is 0 Å². The molecule has 0 radical (unpaired) electrons. The molecule has 1 atom stereocenters. The van der Waals surface area contributed by atoms with E-state index in [0.717, 1.165) is 18.7 Å². The lowest BCUT2D eigenvalue weighted by atomic mass is 9.93. The normalized spacial score (nSPS) is 18.8. The van der Waals surface area contributed by atoms with Crippen molar-refractivity contribution in [3.63, 3.8) is 0 Å². The number of rotatable bonds is 5. The Morgan fingerprint density at radius 2 is 2.22 bits per heavy atom. The highest BCUT2D eigenvalue weighted by molar-refractivity contribution is 5.20. The van der Waals surface area contributed by atoms with Crippen LogP contribution >= 0.6 is 0 Å². The first-order valence-electron chi connectivity index (χ1n) is 7.19. The number of allylic oxidation sites excluding steroid dienone is 1. The molecule has 18 heavy (non-hydrogen) atoms. The minimum Gasteiger partial charge on any atom is -0.305 e. The summed E-state index contributed by atoms with van der Waals surface area (Å²) in [5.74, 6) is 0. The molecule has 0 saturated heterocycles. The first-order chi connectivity index (χ1) is 8.92. The Bertz CT molecular complexity index is 356. The third kappa shape index (κ3) is 3.67. The summed E-state index contributed by atoms with van der Waals surface area (Å²) in [5.41, 5.74) is 2.52. The van der Waals surface area contributed by atoms with Crippen molar-refractivity contribution in [2.75, 3.05) is 6.54 Å². The van der Waals surface area contributed by atoms with Gasteiger partial charge in [0.2, 0.25) is 0 Å². The summed E-state index contributed by atoms with van der Waals surface area (Å²) in [6, 6.07) is 0.252. The molecule has 100 valence electrons. The largest absolute Gasteiger partial charge is 0.305 e. The quantitative estimate of drug-likeness (QED) is 0.787. The van der Waals surface area contributed by atoms with Crippen LogP contribution in [0.1, 0.15) is 63.6 Å². The summed E-state index contributed by atoms with van der Waals surface area (Å²) in [6.07, 6.45) is 13.1. The molecule has 0 saturated carbocycles. The van der Waals surface area contributed by atoms with Gasteiger partial charge in [0.25, 0.3) is 0 Å². The Morgan fingerprint density at radius 1 is 1.33 bits per heavy atom. The van der Waals surface area contributed by atoms with Crippen LogP contribution in [-0.4, -0.2) is 22.0 Å². The van der Waals surface area contributed by atoms with E-state index in [4.69, 9.17) is 0 Å². The molecule has 1 heterocycles. The van der Waals surface area contributed by atoms with E-state index in [2.05, 4.69) is 33.7 Å². The zero-order valence-corrected chi connectivity index (χ0v) is 11.3. The monoisotopic (exact) mass is 248 g/mol. The third-order valence-electron chi connectivity index (χ3n) is 3.52. The molecule has 0 aliphatic heterocycles. The van der Waals surface area contributed by atoms with Crippen molar-refractivity contribution in [1.29, 1.82) is 0 Å². The van der Waals surface area contributed by atoms with Gasteiger partial charge in [-0.05, 0) is 38.6 Å². The highest BCUT2D eigenvalue weighted by atomic mass is 15.3. The maximum Gasteiger partial charge on any atom is 0.104 e. The van der Waals surface area contributed by atoms with Crippen LogP contribution in [0.5, 0.6) is 0 Å². The zero-order valence-electron chi connectivity index (χ0n) is 11.3. The van der Waals surface area contributed by atoms with Crippen molar-refractivity contribution in [2.45, 2.75) is 57.9 Å². The van der Waals surface area contributed by atoms with Gasteiger partial charge < -0.3 is 5.32 Å². The van der Waals surface area contributed by atoms with Gasteiger partial charge in [-0.3, -0.25) is 0 Å². The fourth-order valence-electron chi connectivity index (χ4n) is 2.54. The standard InChI is InChI=1S/C14H24N4/c1-2-10-15-14(13-11-16-18-17-13)12-8-6-4-3-5-7-9-12/h8,11,14-15H,2-7,9-10H2,1H3,(H,16,17,18). The van der Waals surface area contributed by atoms with Gasteiger partial charge in [0.1, 0.15) is 5.69 Å². The molecular formula is C14H24N4. The molecule has 1 aliphatic carbocycles. The van der Waals surface area contributed by atoms with Crippen LogP contribution in [0, 0.1) is 0 Å². The highest BCUT2D eigenvalue weighted by Gasteiger charge is 2.18. The van der Waals surface area contributed by atoms with Crippen molar-refractivity contribution in [1.82, 2.24) is 20.7 Å². The second-order valence-electron chi connectivity index (χ2n) is 5.01. The molecule has 1 aromatic rings. The van der Waals surface area contributed by atoms with Crippen molar-refractivity contribution in [3.8, 4) is 0 Å². The van der Waals surface area contributed by atoms with Crippen molar-refractivity contribution >= 4 is 0 Å². The van der Waals surface area contributed by atoms with Crippen LogP contribution in [-0.2, 0) is 0 Å². The molecule has 0 fully saturated rings. The van der Waals surface area contributed by atoms with Gasteiger partial charge in [0.15, 0.2) is 0 Å². The Hall–Kier alpha value is -1.16. The van der Waals surface area contributed by atoms with Gasteiger partial charge in [0.05, 0.1) is 12.2 Å². The molecule has 2 N–H and O–H groups in total. The lowest BCUT2D eigenvalue weighted by molar-refractivity contribution is 0.532. The molecule has 4 heteroatoms. The highest BCUT2D eigenvalue weighted by Crippen LogP contribution is 2.27. The summed E-state index contributed by atoms with van der Waals surface area (Å²) in [6.45, 7) is 3.22. The maximum atomic E-state index is 4.26. The van der Waals surface area contributed by atoms with Gasteiger partial charge in [-0.1, -0.05) is 31.4 Å². The Morgan fingerprint density at radius 3 is 3.00 bits per heavy atom. The first-order valence-corrected chi connectivity index (χ1v) is 7.19. The first kappa shape index (κ1) is 13.3. The summed E-state index contributed by atoms with van der Waals surface area (Å²) < 4.78 is 0.